The van der Waals surface area contributed by atoms with Crippen LogP contribution in [0.4, 0.5) is 0 Å². The number of hydrogen-bond donors (Lipinski definition) is 1. The molecule has 0 rings (SSSR count). The minimum Gasteiger partial charge on any atom is -0.394 e. The largest absolute Gasteiger partial charge is 0.394 e. The highest BCUT2D eigenvalue weighted by Crippen LogP contribution is 1.65. The van der Waals surface area contributed by atoms with Gasteiger partial charge in [0, 0.05) is 0 Å². The fourth-order valence-electron chi connectivity index (χ4n) is 0.102. The molecule has 0 fully saturated rings. The quantitative estimate of drug-likeness (QED) is 0.219. The first-order chi connectivity index (χ1) is 2.91. The van der Waals surface area contributed by atoms with Gasteiger partial charge in [0.2, 0.25) is 6.34 Å². The molecule has 0 saturated heterocycles. The maximum Gasteiger partial charge on any atom is 0.209 e. The average molecular weight is 87.1 g/mol. The van der Waals surface area contributed by atoms with Crippen molar-refractivity contribution in [1.82, 2.24) is 0 Å². The minimum atomic E-state index is 0.546. The predicted octanol–water partition coefficient (Wildman–Crippen LogP) is -0.198. The second-order valence-electron chi connectivity index (χ2n) is 0.638. The molecule has 2 N–H and O–H groups in total. The Hall–Kier alpha value is -0.730. The molecule has 0 aromatic rings. The molecular formula is C3H7N2O. The first-order valence-corrected chi connectivity index (χ1v) is 1.69. The molecular weight excluding hydrogens is 80.0 g/mol. The molecule has 0 atom stereocenters. The summed E-state index contributed by atoms with van der Waals surface area (Å²) >= 11 is 0. The molecule has 35 valence electrons. The fraction of sp³-hybridized carbons (Fsp3) is 0.667. The molecule has 1 radical (unpaired) electrons. The Bertz CT molecular complexity index is 44.1. The normalized spacial score (nSPS) is 9.50. The van der Waals surface area contributed by atoms with Crippen LogP contribution in [-0.4, -0.2) is 12.9 Å². The van der Waals surface area contributed by atoms with Gasteiger partial charge < -0.3 is 10.6 Å². The molecule has 0 aliphatic heterocycles. The number of nitrogens with two attached hydrogens (primary N) is 1. The van der Waals surface area contributed by atoms with Gasteiger partial charge in [0.1, 0.15) is 6.61 Å². The van der Waals surface area contributed by atoms with Crippen molar-refractivity contribution in [1.29, 1.82) is 0 Å². The molecule has 0 spiro atoms. The van der Waals surface area contributed by atoms with Crippen LogP contribution in [0.1, 0.15) is 6.92 Å². The molecule has 3 nitrogen and oxygen atoms in total. The topological polar surface area (TPSA) is 47.6 Å². The van der Waals surface area contributed by atoms with Crippen LogP contribution in [0, 0.1) is 0 Å². The maximum atomic E-state index is 4.67. The Kier molecular flexibility index (Phi) is 3.75. The lowest BCUT2D eigenvalue weighted by atomic mass is 10.9. The van der Waals surface area contributed by atoms with Crippen LogP contribution in [0.5, 0.6) is 0 Å². The molecule has 0 aromatic carbocycles. The maximum absolute atomic E-state index is 4.67. The van der Waals surface area contributed by atoms with Crippen molar-refractivity contribution in [2.24, 2.45) is 10.9 Å². The smallest absolute Gasteiger partial charge is 0.209 e. The van der Waals surface area contributed by atoms with E-state index in [0.717, 1.165) is 0 Å². The van der Waals surface area contributed by atoms with Crippen molar-refractivity contribution in [3.05, 3.63) is 0 Å². The van der Waals surface area contributed by atoms with Crippen LogP contribution in [0.25, 0.3) is 0 Å². The van der Waals surface area contributed by atoms with Crippen LogP contribution in [-0.2, 0) is 4.84 Å². The highest BCUT2D eigenvalue weighted by atomic mass is 16.6. The van der Waals surface area contributed by atoms with E-state index >= 15 is 0 Å². The van der Waals surface area contributed by atoms with Gasteiger partial charge in [0.25, 0.3) is 0 Å². The summed E-state index contributed by atoms with van der Waals surface area (Å²) in [5.41, 5.74) is 4.67. The Labute approximate surface area is 36.8 Å². The van der Waals surface area contributed by atoms with Gasteiger partial charge in [-0.05, 0) is 6.92 Å². The van der Waals surface area contributed by atoms with Crippen molar-refractivity contribution in [3.63, 3.8) is 0 Å². The van der Waals surface area contributed by atoms with E-state index in [2.05, 4.69) is 15.7 Å². The third kappa shape index (κ3) is 3.27. The van der Waals surface area contributed by atoms with Crippen LogP contribution >= 0.6 is 0 Å². The van der Waals surface area contributed by atoms with E-state index in [1.165, 1.54) is 0 Å². The lowest BCUT2D eigenvalue weighted by molar-refractivity contribution is 0.160. The van der Waals surface area contributed by atoms with E-state index in [1.807, 2.05) is 13.3 Å². The monoisotopic (exact) mass is 87.1 g/mol. The summed E-state index contributed by atoms with van der Waals surface area (Å²) in [6.45, 7) is 2.37. The van der Waals surface area contributed by atoms with E-state index < -0.39 is 0 Å². The molecule has 0 amide bonds. The number of nitrogens with zero attached hydrogens (tertiary/aromatic N) is 1. The summed E-state index contributed by atoms with van der Waals surface area (Å²) in [5, 5.41) is 3.12. The molecule has 0 aliphatic carbocycles. The van der Waals surface area contributed by atoms with E-state index in [-0.39, 0.29) is 0 Å². The average Bonchev–Trinajstić information content (AvgIpc) is 1.61. The molecule has 0 aromatic heterocycles. The lowest BCUT2D eigenvalue weighted by Crippen LogP contribution is -1.89. The zero-order chi connectivity index (χ0) is 4.83. The second-order valence-corrected chi connectivity index (χ2v) is 0.638. The first kappa shape index (κ1) is 5.27. The summed E-state index contributed by atoms with van der Waals surface area (Å²) in [6.07, 6.45) is 1.97. The van der Waals surface area contributed by atoms with Crippen LogP contribution < -0.4 is 5.73 Å². The molecule has 0 aliphatic rings. The van der Waals surface area contributed by atoms with Crippen molar-refractivity contribution < 1.29 is 4.84 Å². The van der Waals surface area contributed by atoms with E-state index in [0.29, 0.717) is 6.61 Å². The molecule has 0 heterocycles. The number of rotatable bonds is 2. The number of hydrogen-bond acceptors (Lipinski definition) is 2. The van der Waals surface area contributed by atoms with Crippen LogP contribution in [0.3, 0.4) is 0 Å². The summed E-state index contributed by atoms with van der Waals surface area (Å²) in [5.74, 6) is 0. The molecule has 0 unspecified atom stereocenters. The van der Waals surface area contributed by atoms with Gasteiger partial charge in [-0.1, -0.05) is 5.16 Å². The SMILES string of the molecule is CCO/N=[C]\N. The zero-order valence-corrected chi connectivity index (χ0v) is 3.64. The highest BCUT2D eigenvalue weighted by Gasteiger charge is 1.62. The van der Waals surface area contributed by atoms with E-state index in [4.69, 9.17) is 0 Å². The van der Waals surface area contributed by atoms with Crippen molar-refractivity contribution in [2.75, 3.05) is 6.61 Å². The summed E-state index contributed by atoms with van der Waals surface area (Å²) < 4.78 is 0. The third-order valence-corrected chi connectivity index (χ3v) is 0.246. The Morgan fingerprint density at radius 2 is 2.67 bits per heavy atom. The third-order valence-electron chi connectivity index (χ3n) is 0.246. The summed E-state index contributed by atoms with van der Waals surface area (Å²) in [7, 11) is 0. The van der Waals surface area contributed by atoms with Crippen molar-refractivity contribution >= 4 is 6.34 Å². The minimum absolute atomic E-state index is 0.546. The molecule has 3 heteroatoms. The van der Waals surface area contributed by atoms with E-state index in [9.17, 15) is 0 Å². The van der Waals surface area contributed by atoms with Crippen molar-refractivity contribution in [3.8, 4) is 0 Å². The van der Waals surface area contributed by atoms with Gasteiger partial charge in [-0.3, -0.25) is 0 Å². The molecule has 0 bridgehead atoms. The Morgan fingerprint density at radius 1 is 2.00 bits per heavy atom. The van der Waals surface area contributed by atoms with Crippen LogP contribution in [0.2, 0.25) is 0 Å². The Balaban J connectivity index is 2.66. The standard InChI is InChI=1S/C3H7N2O/c1-2-6-5-3-4/h2H2,1H3,(H2,4,5). The molecule has 6 heavy (non-hydrogen) atoms. The summed E-state index contributed by atoms with van der Waals surface area (Å²) in [6, 6.07) is 0. The predicted molar refractivity (Wildman–Crippen MR) is 23.2 cm³/mol. The van der Waals surface area contributed by atoms with Gasteiger partial charge >= 0.3 is 0 Å². The van der Waals surface area contributed by atoms with Gasteiger partial charge in [-0.2, -0.15) is 0 Å². The Morgan fingerprint density at radius 3 is 2.83 bits per heavy atom. The first-order valence-electron chi connectivity index (χ1n) is 1.69. The zero-order valence-electron chi connectivity index (χ0n) is 3.64. The van der Waals surface area contributed by atoms with Gasteiger partial charge in [-0.25, -0.2) is 0 Å². The van der Waals surface area contributed by atoms with Crippen LogP contribution in [0.15, 0.2) is 5.16 Å². The highest BCUT2D eigenvalue weighted by molar-refractivity contribution is 5.49. The molecule has 0 saturated carbocycles. The van der Waals surface area contributed by atoms with Gasteiger partial charge in [-0.15, -0.1) is 0 Å². The summed E-state index contributed by atoms with van der Waals surface area (Å²) in [4.78, 5) is 4.37. The lowest BCUT2D eigenvalue weighted by Gasteiger charge is -1.83. The van der Waals surface area contributed by atoms with E-state index in [1.54, 1.807) is 0 Å². The van der Waals surface area contributed by atoms with Crippen molar-refractivity contribution in [2.45, 2.75) is 6.92 Å². The fourth-order valence-corrected chi connectivity index (χ4v) is 0.102. The van der Waals surface area contributed by atoms with Gasteiger partial charge in [0.15, 0.2) is 0 Å². The second kappa shape index (κ2) is 4.27. The van der Waals surface area contributed by atoms with Gasteiger partial charge in [0.05, 0.1) is 0 Å².